The Morgan fingerprint density at radius 2 is 1.41 bits per heavy atom. The van der Waals surface area contributed by atoms with Gasteiger partial charge in [0.05, 0.1) is 6.04 Å². The number of piperazine rings is 1. The average Bonchev–Trinajstić information content (AvgIpc) is 2.58. The van der Waals surface area contributed by atoms with E-state index >= 15 is 0 Å². The van der Waals surface area contributed by atoms with E-state index in [2.05, 4.69) is 0 Å². The number of ether oxygens (including phenoxy) is 2. The van der Waals surface area contributed by atoms with Crippen molar-refractivity contribution >= 4 is 17.9 Å². The van der Waals surface area contributed by atoms with Crippen molar-refractivity contribution in [2.24, 2.45) is 0 Å². The van der Waals surface area contributed by atoms with Gasteiger partial charge < -0.3 is 19.3 Å². The number of hydrogen-bond donors (Lipinski definition) is 0. The first-order valence-corrected chi connectivity index (χ1v) is 10.0. The number of rotatable bonds is 2. The summed E-state index contributed by atoms with van der Waals surface area (Å²) < 4.78 is 11.1. The van der Waals surface area contributed by atoms with E-state index in [1.165, 1.54) is 0 Å². The molecule has 0 radical (unpaired) electrons. The zero-order valence-electron chi connectivity index (χ0n) is 19.0. The van der Waals surface area contributed by atoms with Gasteiger partial charge in [0.1, 0.15) is 11.2 Å². The molecule has 0 saturated carbocycles. The van der Waals surface area contributed by atoms with Crippen molar-refractivity contribution in [1.29, 1.82) is 0 Å². The summed E-state index contributed by atoms with van der Waals surface area (Å²) >= 11 is 0. The maximum absolute atomic E-state index is 12.8. The van der Waals surface area contributed by atoms with Gasteiger partial charge in [-0.05, 0) is 59.2 Å². The van der Waals surface area contributed by atoms with E-state index in [1.54, 1.807) is 9.80 Å². The molecule has 7 heteroatoms. The van der Waals surface area contributed by atoms with Crippen molar-refractivity contribution in [3.63, 3.8) is 0 Å². The Morgan fingerprint density at radius 1 is 0.897 bits per heavy atom. The van der Waals surface area contributed by atoms with Crippen LogP contribution in [0.4, 0.5) is 15.3 Å². The Bertz CT molecular complexity index is 717. The van der Waals surface area contributed by atoms with Gasteiger partial charge in [0.15, 0.2) is 0 Å². The smallest absolute Gasteiger partial charge is 0.410 e. The van der Waals surface area contributed by atoms with Crippen molar-refractivity contribution in [2.45, 2.75) is 58.8 Å². The molecule has 7 nitrogen and oxygen atoms in total. The van der Waals surface area contributed by atoms with Crippen LogP contribution < -0.4 is 4.90 Å². The zero-order chi connectivity index (χ0) is 22.0. The number of carbonyl (C=O) groups excluding carboxylic acids is 2. The maximum atomic E-state index is 12.8. The number of anilines is 1. The van der Waals surface area contributed by atoms with Gasteiger partial charge in [-0.2, -0.15) is 0 Å². The lowest BCUT2D eigenvalue weighted by Gasteiger charge is -2.42. The molecule has 0 bridgehead atoms. The van der Waals surface area contributed by atoms with Crippen LogP contribution in [0, 0.1) is 0 Å². The van der Waals surface area contributed by atoms with Crippen LogP contribution in [0.3, 0.4) is 0 Å². The number of carbonyl (C=O) groups is 2. The summed E-state index contributed by atoms with van der Waals surface area (Å²) in [5, 5.41) is 0. The molecule has 2 amide bonds. The fourth-order valence-corrected chi connectivity index (χ4v) is 3.09. The van der Waals surface area contributed by atoms with Crippen LogP contribution in [-0.4, -0.2) is 66.9 Å². The van der Waals surface area contributed by atoms with Gasteiger partial charge >= 0.3 is 12.2 Å². The SMILES string of the molecule is CN(C)c1ccc([C@H]2CN(C(=O)OC(C)(C)C)CCN2C(=O)OC(C)(C)C)cc1. The topological polar surface area (TPSA) is 62.3 Å². The normalized spacial score (nSPS) is 17.7. The molecule has 29 heavy (non-hydrogen) atoms. The van der Waals surface area contributed by atoms with Crippen molar-refractivity contribution in [3.8, 4) is 0 Å². The summed E-state index contributed by atoms with van der Waals surface area (Å²) in [4.78, 5) is 30.8. The van der Waals surface area contributed by atoms with E-state index in [1.807, 2.05) is 84.8 Å². The van der Waals surface area contributed by atoms with Crippen molar-refractivity contribution in [1.82, 2.24) is 9.80 Å². The second-order valence-corrected chi connectivity index (χ2v) is 9.60. The third-order valence-electron chi connectivity index (χ3n) is 4.45. The molecule has 0 aliphatic carbocycles. The molecule has 1 saturated heterocycles. The van der Waals surface area contributed by atoms with Crippen LogP contribution in [-0.2, 0) is 9.47 Å². The first-order valence-electron chi connectivity index (χ1n) is 10.0. The lowest BCUT2D eigenvalue weighted by molar-refractivity contribution is -0.0152. The van der Waals surface area contributed by atoms with Gasteiger partial charge in [-0.25, -0.2) is 9.59 Å². The molecule has 1 fully saturated rings. The summed E-state index contributed by atoms with van der Waals surface area (Å²) in [6.07, 6.45) is -0.737. The number of amides is 2. The van der Waals surface area contributed by atoms with Crippen LogP contribution in [0.25, 0.3) is 0 Å². The highest BCUT2D eigenvalue weighted by atomic mass is 16.6. The third kappa shape index (κ3) is 6.54. The Labute approximate surface area is 174 Å². The molecule has 162 valence electrons. The first-order chi connectivity index (χ1) is 13.3. The van der Waals surface area contributed by atoms with E-state index in [9.17, 15) is 9.59 Å². The molecule has 1 aromatic rings. The molecular formula is C22H35N3O4. The largest absolute Gasteiger partial charge is 0.444 e. The van der Waals surface area contributed by atoms with Gasteiger partial charge in [0.25, 0.3) is 0 Å². The van der Waals surface area contributed by atoms with Gasteiger partial charge in [-0.3, -0.25) is 4.90 Å². The van der Waals surface area contributed by atoms with Crippen LogP contribution in [0.2, 0.25) is 0 Å². The maximum Gasteiger partial charge on any atom is 0.410 e. The number of hydrogen-bond acceptors (Lipinski definition) is 5. The monoisotopic (exact) mass is 405 g/mol. The van der Waals surface area contributed by atoms with Gasteiger partial charge in [0, 0.05) is 39.4 Å². The van der Waals surface area contributed by atoms with Gasteiger partial charge in [-0.15, -0.1) is 0 Å². The van der Waals surface area contributed by atoms with E-state index in [0.717, 1.165) is 11.3 Å². The standard InChI is InChI=1S/C22H35N3O4/c1-21(2,3)28-19(26)24-13-14-25(20(27)29-22(4,5)6)18(15-24)16-9-11-17(12-10-16)23(7)8/h9-12,18H,13-15H2,1-8H3/t18-/m1/s1. The summed E-state index contributed by atoms with van der Waals surface area (Å²) in [6.45, 7) is 12.2. The number of benzene rings is 1. The zero-order valence-corrected chi connectivity index (χ0v) is 19.0. The molecule has 0 unspecified atom stereocenters. The summed E-state index contributed by atoms with van der Waals surface area (Å²) in [5.41, 5.74) is 0.869. The molecule has 2 rings (SSSR count). The highest BCUT2D eigenvalue weighted by Gasteiger charge is 2.37. The molecule has 0 N–H and O–H groups in total. The molecule has 0 aromatic heterocycles. The van der Waals surface area contributed by atoms with E-state index in [0.29, 0.717) is 19.6 Å². The minimum Gasteiger partial charge on any atom is -0.444 e. The molecule has 0 spiro atoms. The molecule has 1 aliphatic heterocycles. The minimum absolute atomic E-state index is 0.303. The fraction of sp³-hybridized carbons (Fsp3) is 0.636. The second-order valence-electron chi connectivity index (χ2n) is 9.60. The van der Waals surface area contributed by atoms with Crippen LogP contribution in [0.15, 0.2) is 24.3 Å². The molecule has 1 heterocycles. The van der Waals surface area contributed by atoms with Crippen molar-refractivity contribution in [2.75, 3.05) is 38.6 Å². The lowest BCUT2D eigenvalue weighted by Crippen LogP contribution is -2.54. The van der Waals surface area contributed by atoms with Crippen molar-refractivity contribution in [3.05, 3.63) is 29.8 Å². The van der Waals surface area contributed by atoms with Crippen LogP contribution in [0.5, 0.6) is 0 Å². The van der Waals surface area contributed by atoms with Crippen molar-refractivity contribution < 1.29 is 19.1 Å². The fourth-order valence-electron chi connectivity index (χ4n) is 3.09. The highest BCUT2D eigenvalue weighted by Crippen LogP contribution is 2.29. The van der Waals surface area contributed by atoms with Crippen LogP contribution >= 0.6 is 0 Å². The second kappa shape index (κ2) is 8.51. The van der Waals surface area contributed by atoms with Gasteiger partial charge in [-0.1, -0.05) is 12.1 Å². The average molecular weight is 406 g/mol. The summed E-state index contributed by atoms with van der Waals surface area (Å²) in [7, 11) is 3.96. The Morgan fingerprint density at radius 3 is 1.90 bits per heavy atom. The Hall–Kier alpha value is -2.44. The van der Waals surface area contributed by atoms with Crippen LogP contribution in [0.1, 0.15) is 53.1 Å². The molecule has 1 aliphatic rings. The molecular weight excluding hydrogens is 370 g/mol. The first kappa shape index (κ1) is 22.8. The predicted octanol–water partition coefficient (Wildman–Crippen LogP) is 4.28. The van der Waals surface area contributed by atoms with E-state index < -0.39 is 11.2 Å². The Kier molecular flexibility index (Phi) is 6.71. The Balaban J connectivity index is 2.28. The molecule has 1 atom stereocenters. The third-order valence-corrected chi connectivity index (χ3v) is 4.45. The van der Waals surface area contributed by atoms with Gasteiger partial charge in [0.2, 0.25) is 0 Å². The lowest BCUT2D eigenvalue weighted by atomic mass is 10.0. The van der Waals surface area contributed by atoms with E-state index in [4.69, 9.17) is 9.47 Å². The van der Waals surface area contributed by atoms with E-state index in [-0.39, 0.29) is 18.2 Å². The summed E-state index contributed by atoms with van der Waals surface area (Å²) in [6, 6.07) is 7.71. The molecule has 1 aromatic carbocycles. The summed E-state index contributed by atoms with van der Waals surface area (Å²) in [5.74, 6) is 0. The highest BCUT2D eigenvalue weighted by molar-refractivity contribution is 5.71. The predicted molar refractivity (Wildman–Crippen MR) is 114 cm³/mol. The number of nitrogens with zero attached hydrogens (tertiary/aromatic N) is 3. The quantitative estimate of drug-likeness (QED) is 0.735. The minimum atomic E-state index is -0.585.